The van der Waals surface area contributed by atoms with Gasteiger partial charge in [-0.1, -0.05) is 18.2 Å². The topological polar surface area (TPSA) is 107 Å². The highest BCUT2D eigenvalue weighted by Crippen LogP contribution is 2.22. The van der Waals surface area contributed by atoms with Crippen LogP contribution in [0.2, 0.25) is 0 Å². The molecule has 0 unspecified atom stereocenters. The van der Waals surface area contributed by atoms with Gasteiger partial charge in [-0.15, -0.1) is 0 Å². The summed E-state index contributed by atoms with van der Waals surface area (Å²) in [5.74, 6) is -0.0259. The van der Waals surface area contributed by atoms with Gasteiger partial charge in [0.15, 0.2) is 12.4 Å². The van der Waals surface area contributed by atoms with Crippen molar-refractivity contribution in [3.05, 3.63) is 57.3 Å². The van der Waals surface area contributed by atoms with Crippen LogP contribution in [0.1, 0.15) is 16.9 Å². The molecule has 1 heterocycles. The molecule has 1 N–H and O–H groups in total. The maximum atomic E-state index is 11.7. The Kier molecular flexibility index (Phi) is 5.08. The molecule has 0 aliphatic carbocycles. The fourth-order valence-corrected chi connectivity index (χ4v) is 1.87. The zero-order valence-electron chi connectivity index (χ0n) is 12.6. The van der Waals surface area contributed by atoms with Crippen LogP contribution >= 0.6 is 0 Å². The van der Waals surface area contributed by atoms with Crippen LogP contribution < -0.4 is 10.2 Å². The number of hydrogen-bond acceptors (Lipinski definition) is 6. The third-order valence-corrected chi connectivity index (χ3v) is 2.93. The maximum absolute atomic E-state index is 11.7. The molecule has 0 radical (unpaired) electrons. The van der Waals surface area contributed by atoms with Gasteiger partial charge in [0.25, 0.3) is 5.91 Å². The summed E-state index contributed by atoms with van der Waals surface area (Å²) in [6, 6.07) is 8.27. The van der Waals surface area contributed by atoms with E-state index in [0.29, 0.717) is 5.75 Å². The monoisotopic (exact) mass is 317 g/mol. The van der Waals surface area contributed by atoms with Crippen molar-refractivity contribution < 1.29 is 18.9 Å². The van der Waals surface area contributed by atoms with E-state index in [-0.39, 0.29) is 12.4 Å². The van der Waals surface area contributed by atoms with Crippen LogP contribution in [0.5, 0.6) is 5.75 Å². The first-order valence-corrected chi connectivity index (χ1v) is 6.72. The first kappa shape index (κ1) is 16.2. The van der Waals surface area contributed by atoms with Crippen LogP contribution in [0.25, 0.3) is 0 Å². The average Bonchev–Trinajstić information content (AvgIpc) is 2.96. The van der Waals surface area contributed by atoms with Crippen LogP contribution in [0.15, 0.2) is 39.9 Å². The number of hydrogen-bond donors (Lipinski definition) is 1. The van der Waals surface area contributed by atoms with E-state index in [0.717, 1.165) is 11.1 Å². The smallest absolute Gasteiger partial charge is 0.433 e. The van der Waals surface area contributed by atoms with Crippen molar-refractivity contribution in [2.24, 2.45) is 5.10 Å². The molecule has 0 saturated carbocycles. The van der Waals surface area contributed by atoms with Gasteiger partial charge in [-0.25, -0.2) is 5.43 Å². The van der Waals surface area contributed by atoms with E-state index in [2.05, 4.69) is 10.5 Å². The van der Waals surface area contributed by atoms with E-state index < -0.39 is 16.7 Å². The van der Waals surface area contributed by atoms with Gasteiger partial charge < -0.3 is 9.15 Å². The molecule has 120 valence electrons. The Morgan fingerprint density at radius 2 is 2.04 bits per heavy atom. The molecule has 23 heavy (non-hydrogen) atoms. The van der Waals surface area contributed by atoms with Crippen LogP contribution in [0.4, 0.5) is 5.88 Å². The van der Waals surface area contributed by atoms with Gasteiger partial charge in [-0.2, -0.15) is 5.10 Å². The number of nitrogens with one attached hydrogen (secondary N) is 1. The van der Waals surface area contributed by atoms with Gasteiger partial charge in [0.1, 0.15) is 10.7 Å². The molecule has 8 heteroatoms. The van der Waals surface area contributed by atoms with Crippen LogP contribution in [0, 0.1) is 24.0 Å². The van der Waals surface area contributed by atoms with Crippen LogP contribution in [-0.2, 0) is 4.79 Å². The van der Waals surface area contributed by atoms with Crippen LogP contribution in [-0.4, -0.2) is 23.7 Å². The number of carbonyl (C=O) groups is 1. The van der Waals surface area contributed by atoms with Gasteiger partial charge in [0, 0.05) is 0 Å². The zero-order chi connectivity index (χ0) is 16.8. The highest BCUT2D eigenvalue weighted by molar-refractivity contribution is 5.81. The van der Waals surface area contributed by atoms with E-state index in [1.165, 1.54) is 18.3 Å². The van der Waals surface area contributed by atoms with Crippen molar-refractivity contribution in [2.75, 3.05) is 6.61 Å². The largest absolute Gasteiger partial charge is 0.483 e. The second kappa shape index (κ2) is 7.21. The second-order valence-corrected chi connectivity index (χ2v) is 4.74. The Morgan fingerprint density at radius 3 is 2.65 bits per heavy atom. The molecule has 1 amide bonds. The third kappa shape index (κ3) is 4.40. The molecule has 0 aliphatic rings. The number of ether oxygens (including phenoxy) is 1. The SMILES string of the molecule is Cc1cccc(C)c1OCC(=O)N/N=C/c1ccc([N+](=O)[O-])o1. The average molecular weight is 317 g/mol. The summed E-state index contributed by atoms with van der Waals surface area (Å²) >= 11 is 0. The van der Waals surface area contributed by atoms with Crippen molar-refractivity contribution in [1.29, 1.82) is 0 Å². The molecular weight excluding hydrogens is 302 g/mol. The molecule has 0 spiro atoms. The number of carbonyl (C=O) groups excluding carboxylic acids is 1. The molecule has 0 atom stereocenters. The molecule has 1 aromatic carbocycles. The molecular formula is C15H15N3O5. The van der Waals surface area contributed by atoms with E-state index in [4.69, 9.17) is 9.15 Å². The Labute approximate surface area is 131 Å². The number of amides is 1. The highest BCUT2D eigenvalue weighted by atomic mass is 16.6. The molecule has 8 nitrogen and oxygen atoms in total. The number of aryl methyl sites for hydroxylation is 2. The maximum Gasteiger partial charge on any atom is 0.433 e. The van der Waals surface area contributed by atoms with Gasteiger partial charge in [0.05, 0.1) is 12.3 Å². The zero-order valence-corrected chi connectivity index (χ0v) is 12.6. The summed E-state index contributed by atoms with van der Waals surface area (Å²) in [5.41, 5.74) is 4.12. The standard InChI is InChI=1S/C15H15N3O5/c1-10-4-3-5-11(2)15(10)22-9-13(19)17-16-8-12-6-7-14(23-12)18(20)21/h3-8H,9H2,1-2H3,(H,17,19)/b16-8+. The van der Waals surface area contributed by atoms with Crippen molar-refractivity contribution in [3.63, 3.8) is 0 Å². The summed E-state index contributed by atoms with van der Waals surface area (Å²) in [5, 5.41) is 14.1. The molecule has 0 aliphatic heterocycles. The molecule has 0 saturated heterocycles. The molecule has 2 aromatic rings. The lowest BCUT2D eigenvalue weighted by molar-refractivity contribution is -0.402. The number of nitro groups is 1. The van der Waals surface area contributed by atoms with Crippen LogP contribution in [0.3, 0.4) is 0 Å². The predicted octanol–water partition coefficient (Wildman–Crippen LogP) is 2.33. The van der Waals surface area contributed by atoms with Gasteiger partial charge >= 0.3 is 5.88 Å². The minimum Gasteiger partial charge on any atom is -0.483 e. The number of hydrazone groups is 1. The fraction of sp³-hybridized carbons (Fsp3) is 0.200. The molecule has 1 aromatic heterocycles. The van der Waals surface area contributed by atoms with Gasteiger partial charge in [-0.3, -0.25) is 14.9 Å². The quantitative estimate of drug-likeness (QED) is 0.500. The van der Waals surface area contributed by atoms with Gasteiger partial charge in [0.2, 0.25) is 0 Å². The summed E-state index contributed by atoms with van der Waals surface area (Å²) in [4.78, 5) is 21.4. The lowest BCUT2D eigenvalue weighted by Crippen LogP contribution is -2.24. The second-order valence-electron chi connectivity index (χ2n) is 4.74. The Bertz CT molecular complexity index is 731. The van der Waals surface area contributed by atoms with Crippen molar-refractivity contribution in [2.45, 2.75) is 13.8 Å². The van der Waals surface area contributed by atoms with Crippen molar-refractivity contribution in [1.82, 2.24) is 5.43 Å². The summed E-state index contributed by atoms with van der Waals surface area (Å²) in [6.07, 6.45) is 1.17. The number of rotatable bonds is 6. The Hall–Kier alpha value is -3.16. The predicted molar refractivity (Wildman–Crippen MR) is 82.5 cm³/mol. The third-order valence-electron chi connectivity index (χ3n) is 2.93. The minimum absolute atomic E-state index is 0.160. The Morgan fingerprint density at radius 1 is 1.35 bits per heavy atom. The van der Waals surface area contributed by atoms with Crippen molar-refractivity contribution >= 4 is 18.0 Å². The first-order chi connectivity index (χ1) is 11.0. The molecule has 0 bridgehead atoms. The summed E-state index contributed by atoms with van der Waals surface area (Å²) in [7, 11) is 0. The van der Waals surface area contributed by atoms with E-state index in [1.54, 1.807) is 0 Å². The van der Waals surface area contributed by atoms with E-state index >= 15 is 0 Å². The van der Waals surface area contributed by atoms with E-state index in [9.17, 15) is 14.9 Å². The number of benzene rings is 1. The number of nitrogens with zero attached hydrogens (tertiary/aromatic N) is 2. The Balaban J connectivity index is 1.85. The highest BCUT2D eigenvalue weighted by Gasteiger charge is 2.10. The first-order valence-electron chi connectivity index (χ1n) is 6.72. The fourth-order valence-electron chi connectivity index (χ4n) is 1.87. The minimum atomic E-state index is -0.658. The summed E-state index contributed by atoms with van der Waals surface area (Å²) in [6.45, 7) is 3.59. The molecule has 0 fully saturated rings. The van der Waals surface area contributed by atoms with Gasteiger partial charge in [-0.05, 0) is 31.0 Å². The number of para-hydroxylation sites is 1. The normalized spacial score (nSPS) is 10.7. The number of furan rings is 1. The molecule has 2 rings (SSSR count). The lowest BCUT2D eigenvalue weighted by atomic mass is 10.1. The van der Waals surface area contributed by atoms with E-state index in [1.807, 2.05) is 32.0 Å². The van der Waals surface area contributed by atoms with Crippen molar-refractivity contribution in [3.8, 4) is 5.75 Å². The lowest BCUT2D eigenvalue weighted by Gasteiger charge is -2.10. The summed E-state index contributed by atoms with van der Waals surface area (Å²) < 4.78 is 10.3.